The number of rotatable bonds is 7. The predicted octanol–water partition coefficient (Wildman–Crippen LogP) is 1.90. The van der Waals surface area contributed by atoms with E-state index in [4.69, 9.17) is 17.3 Å². The van der Waals surface area contributed by atoms with Gasteiger partial charge in [0.05, 0.1) is 17.5 Å². The summed E-state index contributed by atoms with van der Waals surface area (Å²) in [4.78, 5) is 71.0. The number of primary amides is 1. The molecule has 0 radical (unpaired) electrons. The topological polar surface area (TPSA) is 158 Å². The van der Waals surface area contributed by atoms with Crippen LogP contribution in [0.5, 0.6) is 5.75 Å². The third kappa shape index (κ3) is 4.67. The average Bonchev–Trinajstić information content (AvgIpc) is 3.71. The number of phenols is 1. The molecule has 3 saturated carbocycles. The van der Waals surface area contributed by atoms with Gasteiger partial charge in [0, 0.05) is 30.1 Å². The molecule has 0 aromatic heterocycles. The lowest BCUT2D eigenvalue weighted by Crippen LogP contribution is -2.74. The Bertz CT molecular complexity index is 1680. The van der Waals surface area contributed by atoms with Crippen molar-refractivity contribution in [3.8, 4) is 5.75 Å². The highest BCUT2D eigenvalue weighted by Gasteiger charge is 2.69. The quantitative estimate of drug-likeness (QED) is 0.382. The number of nitrogens with zero attached hydrogens (tertiary/aromatic N) is 2. The number of hydrogen-bond acceptors (Lipinski definition) is 9. The van der Waals surface area contributed by atoms with Crippen LogP contribution in [-0.4, -0.2) is 87.4 Å². The summed E-state index contributed by atoms with van der Waals surface area (Å²) < 4.78 is 0. The van der Waals surface area contributed by atoms with Gasteiger partial charge in [-0.15, -0.1) is 0 Å². The minimum absolute atomic E-state index is 0.0145. The molecule has 11 heteroatoms. The van der Waals surface area contributed by atoms with Gasteiger partial charge in [-0.25, -0.2) is 0 Å². The number of likely N-dealkylation sites (N-methyl/N-ethyl adjacent to an activating group) is 1. The second-order valence-electron chi connectivity index (χ2n) is 14.2. The highest BCUT2D eigenvalue weighted by atomic mass is 35.5. The molecule has 0 bridgehead atoms. The Morgan fingerprint density at radius 1 is 1.04 bits per heavy atom. The molecule has 5 aliphatic rings. The van der Waals surface area contributed by atoms with Crippen LogP contribution in [0, 0.1) is 29.6 Å². The van der Waals surface area contributed by atoms with Crippen LogP contribution in [0.25, 0.3) is 0 Å². The summed E-state index contributed by atoms with van der Waals surface area (Å²) >= 11 is 7.08. The van der Waals surface area contributed by atoms with Crippen LogP contribution in [0.15, 0.2) is 30.3 Å². The minimum atomic E-state index is -2.75. The van der Waals surface area contributed by atoms with Crippen LogP contribution in [0.2, 0.25) is 5.02 Å². The number of nitrogens with two attached hydrogens (primary N) is 1. The van der Waals surface area contributed by atoms with Crippen LogP contribution < -0.4 is 5.73 Å². The van der Waals surface area contributed by atoms with E-state index in [-0.39, 0.29) is 30.2 Å². The lowest BCUT2D eigenvalue weighted by molar-refractivity contribution is -0.181. The molecule has 10 nitrogen and oxygen atoms in total. The molecule has 1 amide bonds. The molecule has 5 aliphatic carbocycles. The number of hydrogen-bond donors (Lipinski definition) is 3. The van der Waals surface area contributed by atoms with Crippen LogP contribution in [-0.2, 0) is 45.0 Å². The van der Waals surface area contributed by atoms with Crippen molar-refractivity contribution in [2.45, 2.75) is 62.8 Å². The zero-order valence-electron chi connectivity index (χ0n) is 25.9. The van der Waals surface area contributed by atoms with Crippen LogP contribution in [0.3, 0.4) is 0 Å². The van der Waals surface area contributed by atoms with E-state index in [9.17, 15) is 34.2 Å². The molecule has 0 heterocycles. The maximum atomic E-state index is 14.1. The molecule has 2 aromatic carbocycles. The number of aliphatic hydroxyl groups is 1. The summed E-state index contributed by atoms with van der Waals surface area (Å²) in [6.07, 6.45) is 4.33. The number of amides is 1. The first-order chi connectivity index (χ1) is 21.8. The molecule has 4 N–H and O–H groups in total. The van der Waals surface area contributed by atoms with Crippen molar-refractivity contribution >= 4 is 40.6 Å². The first kappa shape index (κ1) is 31.2. The molecule has 0 spiro atoms. The van der Waals surface area contributed by atoms with Gasteiger partial charge in [0.1, 0.15) is 5.75 Å². The van der Waals surface area contributed by atoms with Crippen LogP contribution >= 0.6 is 11.6 Å². The molecule has 46 heavy (non-hydrogen) atoms. The van der Waals surface area contributed by atoms with E-state index in [1.807, 2.05) is 0 Å². The lowest BCUT2D eigenvalue weighted by atomic mass is 9.52. The average molecular weight is 648 g/mol. The van der Waals surface area contributed by atoms with Crippen molar-refractivity contribution in [1.82, 2.24) is 9.80 Å². The van der Waals surface area contributed by atoms with Crippen LogP contribution in [0.4, 0.5) is 0 Å². The molecule has 6 atom stereocenters. The van der Waals surface area contributed by atoms with Gasteiger partial charge in [0.25, 0.3) is 0 Å². The second-order valence-corrected chi connectivity index (χ2v) is 14.6. The second kappa shape index (κ2) is 11.1. The van der Waals surface area contributed by atoms with E-state index in [1.54, 1.807) is 14.1 Å². The molecule has 242 valence electrons. The first-order valence-corrected chi connectivity index (χ1v) is 16.4. The largest absolute Gasteiger partial charge is 0.507 e. The zero-order chi connectivity index (χ0) is 32.8. The van der Waals surface area contributed by atoms with E-state index in [2.05, 4.69) is 29.2 Å². The Kier molecular flexibility index (Phi) is 7.51. The van der Waals surface area contributed by atoms with Crippen molar-refractivity contribution in [2.75, 3.05) is 20.6 Å². The summed E-state index contributed by atoms with van der Waals surface area (Å²) in [6, 6.07) is 9.08. The normalized spacial score (nSPS) is 30.8. The van der Waals surface area contributed by atoms with Crippen molar-refractivity contribution in [3.05, 3.63) is 63.2 Å². The molecular formula is C35H38ClN3O7. The van der Waals surface area contributed by atoms with E-state index in [0.29, 0.717) is 28.6 Å². The Morgan fingerprint density at radius 3 is 2.28 bits per heavy atom. The third-order valence-corrected chi connectivity index (χ3v) is 11.6. The highest BCUT2D eigenvalue weighted by Crippen LogP contribution is 2.52. The van der Waals surface area contributed by atoms with Gasteiger partial charge in [0.2, 0.25) is 5.91 Å². The number of carbonyl (C=O) groups excluding carboxylic acids is 5. The molecule has 3 fully saturated rings. The lowest BCUT2D eigenvalue weighted by Gasteiger charge is -2.52. The SMILES string of the molecule is CN(C)[C@@H]1C(=O)C(C(N)=O)C(=O)[C@@]2(O)C(=O)C3C(=O)c4c(O)cc(CN(CC5CC5)C5Cc6ccccc6C5)c(Cl)c4C[C@H]3C[C@@H]12. The maximum absolute atomic E-state index is 14.1. The summed E-state index contributed by atoms with van der Waals surface area (Å²) in [7, 11) is 3.12. The Balaban J connectivity index is 1.23. The zero-order valence-corrected chi connectivity index (χ0v) is 26.6. The van der Waals surface area contributed by atoms with Gasteiger partial charge in [0.15, 0.2) is 34.7 Å². The number of carbonyl (C=O) groups is 5. The maximum Gasteiger partial charge on any atom is 0.235 e. The Hall–Kier alpha value is -3.44. The fourth-order valence-electron chi connectivity index (χ4n) is 8.81. The number of halogens is 1. The van der Waals surface area contributed by atoms with Gasteiger partial charge < -0.3 is 15.9 Å². The van der Waals surface area contributed by atoms with Gasteiger partial charge in [-0.05, 0) is 92.8 Å². The molecule has 7 rings (SSSR count). The summed E-state index contributed by atoms with van der Waals surface area (Å²) in [6.45, 7) is 1.39. The van der Waals surface area contributed by atoms with E-state index in [0.717, 1.165) is 19.4 Å². The highest BCUT2D eigenvalue weighted by molar-refractivity contribution is 6.34. The van der Waals surface area contributed by atoms with E-state index >= 15 is 0 Å². The number of ketones is 4. The molecule has 2 unspecified atom stereocenters. The summed E-state index contributed by atoms with van der Waals surface area (Å²) in [5, 5.41) is 23.4. The van der Waals surface area contributed by atoms with Crippen molar-refractivity contribution in [1.29, 1.82) is 0 Å². The van der Waals surface area contributed by atoms with Gasteiger partial charge in [-0.3, -0.25) is 33.8 Å². The fourth-order valence-corrected chi connectivity index (χ4v) is 9.10. The monoisotopic (exact) mass is 647 g/mol. The number of aromatic hydroxyl groups is 1. The van der Waals surface area contributed by atoms with Crippen molar-refractivity contribution < 1.29 is 34.2 Å². The third-order valence-electron chi connectivity index (χ3n) is 11.2. The smallest absolute Gasteiger partial charge is 0.235 e. The Labute approximate surface area is 271 Å². The van der Waals surface area contributed by atoms with Crippen LogP contribution in [0.1, 0.15) is 51.9 Å². The summed E-state index contributed by atoms with van der Waals surface area (Å²) in [5.41, 5.74) is 6.37. The van der Waals surface area contributed by atoms with Crippen molar-refractivity contribution in [3.63, 3.8) is 0 Å². The van der Waals surface area contributed by atoms with E-state index in [1.165, 1.54) is 34.9 Å². The molecular weight excluding hydrogens is 610 g/mol. The Morgan fingerprint density at radius 2 is 1.70 bits per heavy atom. The minimum Gasteiger partial charge on any atom is -0.507 e. The number of fused-ring (bicyclic) bond motifs is 4. The fraction of sp³-hybridized carbons (Fsp3) is 0.514. The number of phenolic OH excluding ortho intramolecular Hbond substituents is 1. The van der Waals surface area contributed by atoms with Gasteiger partial charge in [-0.2, -0.15) is 0 Å². The van der Waals surface area contributed by atoms with E-state index < -0.39 is 64.4 Å². The summed E-state index contributed by atoms with van der Waals surface area (Å²) in [5.74, 6) is -10.1. The van der Waals surface area contributed by atoms with Crippen molar-refractivity contribution in [2.24, 2.45) is 35.3 Å². The van der Waals surface area contributed by atoms with Gasteiger partial charge in [-0.1, -0.05) is 35.9 Å². The standard InChI is InChI=1S/C35H38ClN3O7/c1-38(2)29-23-12-19-11-22-26(30(41)25(19)32(43)35(23,46)33(44)27(31(29)42)34(37)45)24(40)13-20(28(22)36)15-39(14-16-7-8-16)21-9-17-5-3-4-6-18(17)10-21/h3-6,13,16,19,21,23,25,27,29,40,46H,7-12,14-15H2,1-2H3,(H2,37,45)/t19-,23-,25?,27?,29-,35-/m0/s1. The predicted molar refractivity (Wildman–Crippen MR) is 167 cm³/mol. The molecule has 0 saturated heterocycles. The number of Topliss-reactive ketones (excluding diaryl/α,β-unsaturated/α-hetero) is 4. The molecule has 0 aliphatic heterocycles. The van der Waals surface area contributed by atoms with Gasteiger partial charge >= 0.3 is 0 Å². The molecule has 2 aromatic rings. The first-order valence-electron chi connectivity index (χ1n) is 16.0. The number of benzene rings is 2.